The monoisotopic (exact) mass is 329 g/mol. The van der Waals surface area contributed by atoms with Gasteiger partial charge in [0.15, 0.2) is 0 Å². The average Bonchev–Trinajstić information content (AvgIpc) is 2.59. The Kier molecular flexibility index (Phi) is 5.19. The van der Waals surface area contributed by atoms with Crippen LogP contribution in [0.2, 0.25) is 0 Å². The molecule has 2 fully saturated rings. The van der Waals surface area contributed by atoms with Crippen molar-refractivity contribution < 1.29 is 9.59 Å². The summed E-state index contributed by atoms with van der Waals surface area (Å²) in [5, 5.41) is 2.86. The van der Waals surface area contributed by atoms with E-state index in [1.807, 2.05) is 23.1 Å². The van der Waals surface area contributed by atoms with Crippen LogP contribution in [-0.2, 0) is 15.0 Å². The lowest BCUT2D eigenvalue weighted by Gasteiger charge is -2.45. The van der Waals surface area contributed by atoms with Crippen molar-refractivity contribution in [2.24, 2.45) is 11.7 Å². The van der Waals surface area contributed by atoms with Gasteiger partial charge in [-0.3, -0.25) is 9.59 Å². The fraction of sp³-hybridized carbons (Fsp3) is 0.579. The Morgan fingerprint density at radius 3 is 2.58 bits per heavy atom. The van der Waals surface area contributed by atoms with Gasteiger partial charge in [-0.25, -0.2) is 0 Å². The molecule has 5 heteroatoms. The van der Waals surface area contributed by atoms with Crippen molar-refractivity contribution in [2.45, 2.75) is 37.5 Å². The summed E-state index contributed by atoms with van der Waals surface area (Å²) < 4.78 is 0. The molecule has 1 aliphatic carbocycles. The lowest BCUT2D eigenvalue weighted by molar-refractivity contribution is -0.144. The van der Waals surface area contributed by atoms with Crippen molar-refractivity contribution in [1.29, 1.82) is 0 Å². The van der Waals surface area contributed by atoms with Gasteiger partial charge < -0.3 is 16.0 Å². The second-order valence-electron chi connectivity index (χ2n) is 6.97. The molecule has 24 heavy (non-hydrogen) atoms. The highest BCUT2D eigenvalue weighted by Crippen LogP contribution is 2.45. The number of rotatable bonds is 5. The number of hydrogen-bond donors (Lipinski definition) is 2. The quantitative estimate of drug-likeness (QED) is 0.858. The van der Waals surface area contributed by atoms with Crippen molar-refractivity contribution >= 4 is 11.8 Å². The van der Waals surface area contributed by atoms with E-state index in [1.54, 1.807) is 0 Å². The molecule has 1 saturated carbocycles. The average molecular weight is 329 g/mol. The van der Waals surface area contributed by atoms with Crippen LogP contribution in [0.15, 0.2) is 30.3 Å². The number of hydrogen-bond acceptors (Lipinski definition) is 3. The van der Waals surface area contributed by atoms with Crippen LogP contribution in [0.3, 0.4) is 0 Å². The zero-order valence-corrected chi connectivity index (χ0v) is 14.2. The molecule has 2 aliphatic rings. The lowest BCUT2D eigenvalue weighted by atomic mass is 9.63. The molecular formula is C19H27N3O2. The van der Waals surface area contributed by atoms with Crippen molar-refractivity contribution in [3.63, 3.8) is 0 Å². The van der Waals surface area contributed by atoms with Gasteiger partial charge in [0.05, 0.1) is 11.3 Å². The molecule has 1 heterocycles. The van der Waals surface area contributed by atoms with Crippen LogP contribution in [0.4, 0.5) is 0 Å². The third-order valence-electron chi connectivity index (χ3n) is 5.47. The van der Waals surface area contributed by atoms with Crippen LogP contribution in [0.1, 0.15) is 37.7 Å². The Balaban J connectivity index is 1.71. The smallest absolute Gasteiger partial charge is 0.233 e. The highest BCUT2D eigenvalue weighted by Gasteiger charge is 2.48. The zero-order chi connectivity index (χ0) is 17.0. The second kappa shape index (κ2) is 7.34. The number of nitrogens with one attached hydrogen (secondary N) is 1. The molecule has 0 aromatic heterocycles. The van der Waals surface area contributed by atoms with Crippen LogP contribution < -0.4 is 11.1 Å². The predicted octanol–water partition coefficient (Wildman–Crippen LogP) is 1.42. The Hall–Kier alpha value is -1.88. The highest BCUT2D eigenvalue weighted by molar-refractivity contribution is 5.90. The largest absolute Gasteiger partial charge is 0.355 e. The van der Waals surface area contributed by atoms with E-state index in [2.05, 4.69) is 17.4 Å². The van der Waals surface area contributed by atoms with Gasteiger partial charge in [-0.05, 0) is 31.2 Å². The normalized spacial score (nSPS) is 22.5. The maximum Gasteiger partial charge on any atom is 0.233 e. The molecule has 1 saturated heterocycles. The Morgan fingerprint density at radius 1 is 1.21 bits per heavy atom. The van der Waals surface area contributed by atoms with Gasteiger partial charge in [0.2, 0.25) is 11.8 Å². The van der Waals surface area contributed by atoms with Crippen molar-refractivity contribution in [3.8, 4) is 0 Å². The Labute approximate surface area is 143 Å². The van der Waals surface area contributed by atoms with Crippen LogP contribution in [0, 0.1) is 5.92 Å². The van der Waals surface area contributed by atoms with E-state index in [-0.39, 0.29) is 23.1 Å². The van der Waals surface area contributed by atoms with Gasteiger partial charge in [0.25, 0.3) is 0 Å². The second-order valence-corrected chi connectivity index (χ2v) is 6.97. The van der Waals surface area contributed by atoms with Crippen molar-refractivity contribution in [3.05, 3.63) is 35.9 Å². The minimum absolute atomic E-state index is 0.0281. The highest BCUT2D eigenvalue weighted by atomic mass is 16.2. The first kappa shape index (κ1) is 17.0. The van der Waals surface area contributed by atoms with Gasteiger partial charge in [-0.1, -0.05) is 36.8 Å². The van der Waals surface area contributed by atoms with Crippen LogP contribution in [-0.4, -0.2) is 42.9 Å². The summed E-state index contributed by atoms with van der Waals surface area (Å²) >= 11 is 0. The Morgan fingerprint density at radius 2 is 1.96 bits per heavy atom. The molecular weight excluding hydrogens is 302 g/mol. The van der Waals surface area contributed by atoms with E-state index in [1.165, 1.54) is 0 Å². The first-order valence-electron chi connectivity index (χ1n) is 9.00. The van der Waals surface area contributed by atoms with Gasteiger partial charge in [-0.15, -0.1) is 0 Å². The maximum atomic E-state index is 13.3. The topological polar surface area (TPSA) is 75.4 Å². The molecule has 1 aromatic rings. The molecule has 3 rings (SSSR count). The fourth-order valence-corrected chi connectivity index (χ4v) is 3.93. The SMILES string of the molecule is NCCNC(=O)C1CCCN(C(=O)C2(c3ccccc3)CCC2)C1. The number of nitrogens with two attached hydrogens (primary N) is 1. The third-order valence-corrected chi connectivity index (χ3v) is 5.47. The van der Waals surface area contributed by atoms with E-state index in [0.29, 0.717) is 19.6 Å². The fourth-order valence-electron chi connectivity index (χ4n) is 3.93. The number of carbonyl (C=O) groups excluding carboxylic acids is 2. The molecule has 0 radical (unpaired) electrons. The number of nitrogens with zero attached hydrogens (tertiary/aromatic N) is 1. The molecule has 1 aliphatic heterocycles. The van der Waals surface area contributed by atoms with Gasteiger partial charge in [-0.2, -0.15) is 0 Å². The lowest BCUT2D eigenvalue weighted by Crippen LogP contribution is -2.55. The third kappa shape index (κ3) is 3.18. The Bertz CT molecular complexity index is 584. The maximum absolute atomic E-state index is 13.3. The summed E-state index contributed by atoms with van der Waals surface area (Å²) in [5.41, 5.74) is 6.21. The van der Waals surface area contributed by atoms with Crippen LogP contribution in [0.25, 0.3) is 0 Å². The standard InChI is InChI=1S/C19H27N3O2/c20-11-12-21-17(23)15-6-4-13-22(14-15)18(24)19(9-5-10-19)16-7-2-1-3-8-16/h1-3,7-8,15H,4-6,9-14,20H2,(H,21,23). The number of benzene rings is 1. The minimum Gasteiger partial charge on any atom is -0.355 e. The molecule has 5 nitrogen and oxygen atoms in total. The minimum atomic E-state index is -0.364. The van der Waals surface area contributed by atoms with Gasteiger partial charge in [0, 0.05) is 26.2 Å². The van der Waals surface area contributed by atoms with E-state index >= 15 is 0 Å². The summed E-state index contributed by atoms with van der Waals surface area (Å²) in [6.07, 6.45) is 4.65. The first-order valence-corrected chi connectivity index (χ1v) is 9.00. The van der Waals surface area contributed by atoms with E-state index in [4.69, 9.17) is 5.73 Å². The van der Waals surface area contributed by atoms with Crippen molar-refractivity contribution in [2.75, 3.05) is 26.2 Å². The van der Waals surface area contributed by atoms with Crippen LogP contribution >= 0.6 is 0 Å². The summed E-state index contributed by atoms with van der Waals surface area (Å²) in [6.45, 7) is 2.23. The van der Waals surface area contributed by atoms with E-state index in [0.717, 1.165) is 44.2 Å². The zero-order valence-electron chi connectivity index (χ0n) is 14.2. The van der Waals surface area contributed by atoms with Gasteiger partial charge >= 0.3 is 0 Å². The predicted molar refractivity (Wildman–Crippen MR) is 93.3 cm³/mol. The number of amides is 2. The molecule has 1 atom stereocenters. The number of piperidine rings is 1. The summed E-state index contributed by atoms with van der Waals surface area (Å²) in [5.74, 6) is 0.124. The summed E-state index contributed by atoms with van der Waals surface area (Å²) in [6, 6.07) is 10.1. The molecule has 2 amide bonds. The molecule has 130 valence electrons. The van der Waals surface area contributed by atoms with Crippen LogP contribution in [0.5, 0.6) is 0 Å². The summed E-state index contributed by atoms with van der Waals surface area (Å²) in [4.78, 5) is 27.4. The van der Waals surface area contributed by atoms with E-state index in [9.17, 15) is 9.59 Å². The van der Waals surface area contributed by atoms with Crippen molar-refractivity contribution in [1.82, 2.24) is 10.2 Å². The number of likely N-dealkylation sites (tertiary alicyclic amines) is 1. The molecule has 0 bridgehead atoms. The number of carbonyl (C=O) groups is 2. The summed E-state index contributed by atoms with van der Waals surface area (Å²) in [7, 11) is 0. The molecule has 3 N–H and O–H groups in total. The molecule has 1 aromatic carbocycles. The van der Waals surface area contributed by atoms with E-state index < -0.39 is 0 Å². The first-order chi connectivity index (χ1) is 11.7. The van der Waals surface area contributed by atoms with Gasteiger partial charge in [0.1, 0.15) is 0 Å². The molecule has 0 spiro atoms. The molecule has 1 unspecified atom stereocenters.